The van der Waals surface area contributed by atoms with E-state index in [1.165, 1.54) is 25.3 Å². The fourth-order valence-corrected chi connectivity index (χ4v) is 2.53. The Morgan fingerprint density at radius 2 is 1.96 bits per heavy atom. The second-order valence-electron chi connectivity index (χ2n) is 5.88. The van der Waals surface area contributed by atoms with Crippen LogP contribution in [0.3, 0.4) is 0 Å². The average Bonchev–Trinajstić information content (AvgIpc) is 2.52. The number of rotatable bonds is 7. The van der Waals surface area contributed by atoms with Crippen molar-refractivity contribution in [2.24, 2.45) is 5.92 Å². The van der Waals surface area contributed by atoms with Crippen molar-refractivity contribution >= 4 is 69.4 Å². The number of hydrogen-bond acceptors (Lipinski definition) is 5. The average molecular weight is 458 g/mol. The van der Waals surface area contributed by atoms with Crippen molar-refractivity contribution in [1.29, 1.82) is 0 Å². The highest BCUT2D eigenvalue weighted by atomic mass is 35.6. The number of nitro benzene ring substituents is 1. The number of carbonyl (C=O) groups is 1. The number of amides is 1. The molecular formula is C15H19Cl3N4O4S. The van der Waals surface area contributed by atoms with Gasteiger partial charge in [-0.2, -0.15) is 0 Å². The van der Waals surface area contributed by atoms with E-state index in [-0.39, 0.29) is 34.7 Å². The summed E-state index contributed by atoms with van der Waals surface area (Å²) in [5.74, 6) is 0.0753. The molecule has 12 heteroatoms. The molecule has 1 aromatic carbocycles. The fourth-order valence-electron chi connectivity index (χ4n) is 1.98. The molecule has 1 aromatic rings. The zero-order valence-electron chi connectivity index (χ0n) is 14.7. The molecule has 0 unspecified atom stereocenters. The van der Waals surface area contributed by atoms with Crippen LogP contribution in [0.25, 0.3) is 0 Å². The molecule has 1 amide bonds. The van der Waals surface area contributed by atoms with Crippen molar-refractivity contribution in [3.05, 3.63) is 28.3 Å². The van der Waals surface area contributed by atoms with Gasteiger partial charge in [-0.15, -0.1) is 0 Å². The summed E-state index contributed by atoms with van der Waals surface area (Å²) in [5.41, 5.74) is -0.150. The van der Waals surface area contributed by atoms with Crippen molar-refractivity contribution in [2.75, 3.05) is 12.4 Å². The Morgan fingerprint density at radius 3 is 2.44 bits per heavy atom. The summed E-state index contributed by atoms with van der Waals surface area (Å²) in [6.07, 6.45) is -0.922. The molecule has 1 rings (SSSR count). The van der Waals surface area contributed by atoms with Crippen molar-refractivity contribution in [1.82, 2.24) is 10.6 Å². The van der Waals surface area contributed by atoms with E-state index in [1.807, 2.05) is 13.8 Å². The summed E-state index contributed by atoms with van der Waals surface area (Å²) >= 11 is 22.8. The number of hydrogen-bond donors (Lipinski definition) is 3. The van der Waals surface area contributed by atoms with E-state index < -0.39 is 14.9 Å². The van der Waals surface area contributed by atoms with Crippen molar-refractivity contribution in [3.63, 3.8) is 0 Å². The number of thiocarbonyl (C=S) groups is 1. The number of anilines is 1. The quantitative estimate of drug-likeness (QED) is 0.188. The highest BCUT2D eigenvalue weighted by Crippen LogP contribution is 2.31. The number of nitrogens with zero attached hydrogens (tertiary/aromatic N) is 1. The minimum atomic E-state index is -1.91. The molecule has 150 valence electrons. The van der Waals surface area contributed by atoms with Crippen molar-refractivity contribution in [3.8, 4) is 5.75 Å². The lowest BCUT2D eigenvalue weighted by atomic mass is 10.1. The maximum atomic E-state index is 12.0. The lowest BCUT2D eigenvalue weighted by Crippen LogP contribution is -2.56. The normalized spacial score (nSPS) is 12.3. The number of nitro groups is 1. The third-order valence-electron chi connectivity index (χ3n) is 3.15. The summed E-state index contributed by atoms with van der Waals surface area (Å²) < 4.78 is 3.06. The minimum Gasteiger partial charge on any atom is -0.496 e. The summed E-state index contributed by atoms with van der Waals surface area (Å²) in [7, 11) is 1.39. The molecule has 0 saturated carbocycles. The number of alkyl halides is 3. The molecule has 0 aliphatic carbocycles. The molecular weight excluding hydrogens is 439 g/mol. The van der Waals surface area contributed by atoms with Gasteiger partial charge in [0.25, 0.3) is 5.69 Å². The van der Waals surface area contributed by atoms with Gasteiger partial charge in [0.05, 0.1) is 18.1 Å². The van der Waals surface area contributed by atoms with E-state index in [2.05, 4.69) is 16.0 Å². The molecule has 27 heavy (non-hydrogen) atoms. The van der Waals surface area contributed by atoms with Crippen LogP contribution in [0.5, 0.6) is 5.75 Å². The van der Waals surface area contributed by atoms with E-state index in [1.54, 1.807) is 0 Å². The van der Waals surface area contributed by atoms with Crippen molar-refractivity contribution < 1.29 is 14.5 Å². The van der Waals surface area contributed by atoms with Crippen LogP contribution < -0.4 is 20.7 Å². The maximum Gasteiger partial charge on any atom is 0.296 e. The molecule has 0 aliphatic heterocycles. The number of ether oxygens (including phenoxy) is 1. The molecule has 0 aromatic heterocycles. The Bertz CT molecular complexity index is 713. The van der Waals surface area contributed by atoms with E-state index in [4.69, 9.17) is 51.8 Å². The third-order valence-corrected chi connectivity index (χ3v) is 4.03. The number of benzene rings is 1. The highest BCUT2D eigenvalue weighted by Gasteiger charge is 2.35. The number of nitrogens with one attached hydrogen (secondary N) is 3. The van der Waals surface area contributed by atoms with Crippen LogP contribution in [0.1, 0.15) is 20.3 Å². The van der Waals surface area contributed by atoms with Crippen LogP contribution in [0.15, 0.2) is 18.2 Å². The number of halogens is 3. The van der Waals surface area contributed by atoms with Crippen LogP contribution in [-0.2, 0) is 4.79 Å². The smallest absolute Gasteiger partial charge is 0.296 e. The minimum absolute atomic E-state index is 0.0792. The molecule has 8 nitrogen and oxygen atoms in total. The predicted octanol–water partition coefficient (Wildman–Crippen LogP) is 3.75. The van der Waals surface area contributed by atoms with Gasteiger partial charge < -0.3 is 20.7 Å². The fraction of sp³-hybridized carbons (Fsp3) is 0.467. The SMILES string of the molecule is COc1ccc(NC(=S)N[C@@H](NC(=O)CC(C)C)C(Cl)(Cl)Cl)c([N+](=O)[O-])c1. The maximum absolute atomic E-state index is 12.0. The van der Waals surface area contributed by atoms with E-state index in [0.717, 1.165) is 0 Å². The summed E-state index contributed by atoms with van der Waals surface area (Å²) in [6, 6.07) is 4.18. The van der Waals surface area contributed by atoms with Gasteiger partial charge in [0.15, 0.2) is 5.11 Å². The third kappa shape index (κ3) is 7.92. The zero-order chi connectivity index (χ0) is 20.8. The van der Waals surface area contributed by atoms with Gasteiger partial charge >= 0.3 is 0 Å². The molecule has 3 N–H and O–H groups in total. The van der Waals surface area contributed by atoms with Crippen LogP contribution >= 0.6 is 47.0 Å². The molecule has 0 bridgehead atoms. The monoisotopic (exact) mass is 456 g/mol. The lowest BCUT2D eigenvalue weighted by molar-refractivity contribution is -0.384. The number of methoxy groups -OCH3 is 1. The first-order valence-electron chi connectivity index (χ1n) is 7.70. The van der Waals surface area contributed by atoms with E-state index in [9.17, 15) is 14.9 Å². The van der Waals surface area contributed by atoms with Gasteiger partial charge in [-0.1, -0.05) is 48.7 Å². The van der Waals surface area contributed by atoms with Crippen LogP contribution in [0.2, 0.25) is 0 Å². The van der Waals surface area contributed by atoms with Gasteiger partial charge in [-0.05, 0) is 30.3 Å². The zero-order valence-corrected chi connectivity index (χ0v) is 17.8. The van der Waals surface area contributed by atoms with Crippen LogP contribution in [-0.4, -0.2) is 33.0 Å². The first-order chi connectivity index (χ1) is 12.4. The molecule has 0 heterocycles. The molecule has 0 fully saturated rings. The molecule has 0 aliphatic rings. The van der Waals surface area contributed by atoms with Gasteiger partial charge in [-0.3, -0.25) is 14.9 Å². The highest BCUT2D eigenvalue weighted by molar-refractivity contribution is 7.80. The lowest BCUT2D eigenvalue weighted by Gasteiger charge is -2.28. The van der Waals surface area contributed by atoms with Gasteiger partial charge in [0.1, 0.15) is 17.6 Å². The largest absolute Gasteiger partial charge is 0.496 e. The Labute approximate surface area is 177 Å². The van der Waals surface area contributed by atoms with Gasteiger partial charge in [0.2, 0.25) is 9.70 Å². The predicted molar refractivity (Wildman–Crippen MR) is 111 cm³/mol. The first-order valence-corrected chi connectivity index (χ1v) is 9.24. The molecule has 0 radical (unpaired) electrons. The van der Waals surface area contributed by atoms with Gasteiger partial charge in [-0.25, -0.2) is 0 Å². The Balaban J connectivity index is 2.91. The summed E-state index contributed by atoms with van der Waals surface area (Å²) in [5, 5.41) is 19.0. The summed E-state index contributed by atoms with van der Waals surface area (Å²) in [6.45, 7) is 3.73. The Hall–Kier alpha value is -1.55. The van der Waals surface area contributed by atoms with E-state index >= 15 is 0 Å². The Kier molecular flexibility index (Phi) is 8.80. The topological polar surface area (TPSA) is 106 Å². The first kappa shape index (κ1) is 23.5. The summed E-state index contributed by atoms with van der Waals surface area (Å²) in [4.78, 5) is 22.6. The second kappa shape index (κ2) is 10.1. The molecule has 0 saturated heterocycles. The van der Waals surface area contributed by atoms with Crippen LogP contribution in [0, 0.1) is 16.0 Å². The van der Waals surface area contributed by atoms with E-state index in [0.29, 0.717) is 5.75 Å². The second-order valence-corrected chi connectivity index (χ2v) is 8.66. The van der Waals surface area contributed by atoms with Crippen molar-refractivity contribution in [2.45, 2.75) is 30.2 Å². The Morgan fingerprint density at radius 1 is 1.33 bits per heavy atom. The number of carbonyl (C=O) groups excluding carboxylic acids is 1. The van der Waals surface area contributed by atoms with Gasteiger partial charge in [0, 0.05) is 6.42 Å². The van der Waals surface area contributed by atoms with Crippen LogP contribution in [0.4, 0.5) is 11.4 Å². The molecule has 0 spiro atoms. The molecule has 1 atom stereocenters. The standard InChI is InChI=1S/C15H19Cl3N4O4S/c1-8(2)6-12(23)20-13(15(16,17)18)21-14(27)19-10-5-4-9(26-3)7-11(10)22(24)25/h4-5,7-8,13H,6H2,1-3H3,(H,20,23)(H2,19,21,27)/t13-/m1/s1.